The maximum atomic E-state index is 13.6. The first-order valence-corrected chi connectivity index (χ1v) is 13.2. The predicted molar refractivity (Wildman–Crippen MR) is 154 cm³/mol. The van der Waals surface area contributed by atoms with Gasteiger partial charge >= 0.3 is 12.0 Å². The number of carbonyl (C=O) groups is 4. The van der Waals surface area contributed by atoms with E-state index in [1.807, 2.05) is 54.6 Å². The summed E-state index contributed by atoms with van der Waals surface area (Å²) < 4.78 is 12.0. The van der Waals surface area contributed by atoms with Gasteiger partial charge in [-0.15, -0.1) is 0 Å². The second-order valence-corrected chi connectivity index (χ2v) is 9.66. The molecular formula is C31H23BrN2O6. The molecule has 0 aromatic heterocycles. The van der Waals surface area contributed by atoms with Gasteiger partial charge in [-0.25, -0.2) is 14.5 Å². The minimum absolute atomic E-state index is 0.192. The number of carbonyl (C=O) groups excluding carboxylic acids is 4. The molecule has 0 saturated carbocycles. The van der Waals surface area contributed by atoms with Crippen LogP contribution in [-0.2, 0) is 20.9 Å². The third kappa shape index (κ3) is 5.37. The van der Waals surface area contributed by atoms with Gasteiger partial charge < -0.3 is 9.47 Å². The van der Waals surface area contributed by atoms with Crippen LogP contribution in [0.25, 0.3) is 16.8 Å². The lowest BCUT2D eigenvalue weighted by molar-refractivity contribution is -0.122. The van der Waals surface area contributed by atoms with Crippen molar-refractivity contribution in [2.24, 2.45) is 0 Å². The number of fused-ring (bicyclic) bond motifs is 1. The van der Waals surface area contributed by atoms with Gasteiger partial charge in [0.15, 0.2) is 0 Å². The van der Waals surface area contributed by atoms with Crippen LogP contribution in [0.5, 0.6) is 5.75 Å². The Morgan fingerprint density at radius 1 is 0.925 bits per heavy atom. The quantitative estimate of drug-likeness (QED) is 0.158. The van der Waals surface area contributed by atoms with Gasteiger partial charge in [0.2, 0.25) is 0 Å². The van der Waals surface area contributed by atoms with E-state index in [9.17, 15) is 19.2 Å². The van der Waals surface area contributed by atoms with Crippen molar-refractivity contribution >= 4 is 62.3 Å². The maximum absolute atomic E-state index is 13.6. The average molecular weight is 599 g/mol. The lowest BCUT2D eigenvalue weighted by Gasteiger charge is -2.26. The molecule has 1 aliphatic rings. The van der Waals surface area contributed by atoms with Crippen LogP contribution in [0, 0.1) is 0 Å². The van der Waals surface area contributed by atoms with Gasteiger partial charge in [0.1, 0.15) is 17.9 Å². The number of hydrogen-bond donors (Lipinski definition) is 1. The number of hydrogen-bond acceptors (Lipinski definition) is 6. The first-order chi connectivity index (χ1) is 19.4. The summed E-state index contributed by atoms with van der Waals surface area (Å²) in [5.41, 5.74) is 1.66. The highest BCUT2D eigenvalue weighted by Crippen LogP contribution is 2.33. The van der Waals surface area contributed by atoms with Crippen LogP contribution in [0.4, 0.5) is 10.5 Å². The van der Waals surface area contributed by atoms with Crippen molar-refractivity contribution < 1.29 is 28.7 Å². The van der Waals surface area contributed by atoms with Gasteiger partial charge in [0.05, 0.1) is 17.9 Å². The van der Waals surface area contributed by atoms with Crippen LogP contribution >= 0.6 is 15.9 Å². The van der Waals surface area contributed by atoms with E-state index in [-0.39, 0.29) is 30.0 Å². The number of halogens is 1. The molecule has 1 aliphatic heterocycles. The highest BCUT2D eigenvalue weighted by molar-refractivity contribution is 9.10. The fourth-order valence-corrected chi connectivity index (χ4v) is 4.72. The molecule has 1 fully saturated rings. The van der Waals surface area contributed by atoms with E-state index < -0.39 is 23.8 Å². The Kier molecular flexibility index (Phi) is 7.75. The van der Waals surface area contributed by atoms with E-state index in [1.54, 1.807) is 13.0 Å². The largest absolute Gasteiger partial charge is 0.488 e. The molecule has 0 radical (unpaired) electrons. The van der Waals surface area contributed by atoms with E-state index in [0.29, 0.717) is 11.3 Å². The first-order valence-electron chi connectivity index (χ1n) is 12.4. The number of urea groups is 1. The summed E-state index contributed by atoms with van der Waals surface area (Å²) in [5, 5.41) is 3.89. The molecule has 200 valence electrons. The summed E-state index contributed by atoms with van der Waals surface area (Å²) in [6.07, 6.45) is 1.45. The lowest BCUT2D eigenvalue weighted by Crippen LogP contribution is -2.54. The Labute approximate surface area is 238 Å². The standard InChI is InChI=1S/C31H23BrN2O6/c1-2-39-30(37)20-11-14-22(15-12-20)34-29(36)25(28(35)33-31(34)38)17-24-23-9-5-3-7-19(23)13-16-27(24)40-18-21-8-4-6-10-26(21)32/h3-17H,2,18H2,1H3,(H,33,35,38)/b25-17+. The van der Waals surface area contributed by atoms with Crippen molar-refractivity contribution in [3.05, 3.63) is 112 Å². The summed E-state index contributed by atoms with van der Waals surface area (Å²) in [4.78, 5) is 52.1. The summed E-state index contributed by atoms with van der Waals surface area (Å²) in [6.45, 7) is 2.15. The molecule has 9 heteroatoms. The molecular weight excluding hydrogens is 576 g/mol. The topological polar surface area (TPSA) is 102 Å². The molecule has 0 atom stereocenters. The number of nitrogens with one attached hydrogen (secondary N) is 1. The average Bonchev–Trinajstić information content (AvgIpc) is 2.95. The van der Waals surface area contributed by atoms with E-state index in [2.05, 4.69) is 21.2 Å². The van der Waals surface area contributed by atoms with Gasteiger partial charge in [-0.1, -0.05) is 64.5 Å². The van der Waals surface area contributed by atoms with Gasteiger partial charge in [-0.05, 0) is 60.2 Å². The molecule has 1 saturated heterocycles. The summed E-state index contributed by atoms with van der Waals surface area (Å²) in [6, 6.07) is 23.8. The smallest absolute Gasteiger partial charge is 0.338 e. The number of benzene rings is 4. The molecule has 8 nitrogen and oxygen atoms in total. The van der Waals surface area contributed by atoms with Crippen LogP contribution in [0.1, 0.15) is 28.4 Å². The number of imide groups is 2. The van der Waals surface area contributed by atoms with E-state index in [0.717, 1.165) is 25.7 Å². The molecule has 0 unspecified atom stereocenters. The number of anilines is 1. The number of esters is 1. The third-order valence-electron chi connectivity index (χ3n) is 6.30. The summed E-state index contributed by atoms with van der Waals surface area (Å²) >= 11 is 3.53. The predicted octanol–water partition coefficient (Wildman–Crippen LogP) is 6.02. The maximum Gasteiger partial charge on any atom is 0.338 e. The van der Waals surface area contributed by atoms with Crippen LogP contribution < -0.4 is 15.0 Å². The number of rotatable bonds is 7. The van der Waals surface area contributed by atoms with Gasteiger partial charge in [0, 0.05) is 15.6 Å². The Balaban J connectivity index is 1.53. The minimum Gasteiger partial charge on any atom is -0.488 e. The Morgan fingerprint density at radius 3 is 2.40 bits per heavy atom. The van der Waals surface area contributed by atoms with Gasteiger partial charge in [-0.2, -0.15) is 0 Å². The van der Waals surface area contributed by atoms with Crippen molar-refractivity contribution in [3.8, 4) is 5.75 Å². The van der Waals surface area contributed by atoms with Crippen molar-refractivity contribution in [2.45, 2.75) is 13.5 Å². The number of ether oxygens (including phenoxy) is 2. The fraction of sp³-hybridized carbons (Fsp3) is 0.0968. The van der Waals surface area contributed by atoms with Crippen LogP contribution in [0.2, 0.25) is 0 Å². The normalized spacial score (nSPS) is 14.4. The molecule has 0 spiro atoms. The second kappa shape index (κ2) is 11.5. The molecule has 4 aromatic rings. The number of barbiturate groups is 1. The van der Waals surface area contributed by atoms with Gasteiger partial charge in [0.25, 0.3) is 11.8 Å². The van der Waals surface area contributed by atoms with Crippen molar-refractivity contribution in [2.75, 3.05) is 11.5 Å². The highest BCUT2D eigenvalue weighted by atomic mass is 79.9. The van der Waals surface area contributed by atoms with Crippen molar-refractivity contribution in [1.82, 2.24) is 5.32 Å². The second-order valence-electron chi connectivity index (χ2n) is 8.80. The number of amides is 4. The van der Waals surface area contributed by atoms with Crippen molar-refractivity contribution in [1.29, 1.82) is 0 Å². The molecule has 0 aliphatic carbocycles. The number of nitrogens with zero attached hydrogens (tertiary/aromatic N) is 1. The highest BCUT2D eigenvalue weighted by Gasteiger charge is 2.37. The fourth-order valence-electron chi connectivity index (χ4n) is 4.32. The Morgan fingerprint density at radius 2 is 1.65 bits per heavy atom. The van der Waals surface area contributed by atoms with Crippen LogP contribution in [0.3, 0.4) is 0 Å². The lowest BCUT2D eigenvalue weighted by atomic mass is 9.99. The van der Waals surface area contributed by atoms with E-state index >= 15 is 0 Å². The SMILES string of the molecule is CCOC(=O)c1ccc(N2C(=O)NC(=O)/C(=C\c3c(OCc4ccccc4Br)ccc4ccccc34)C2=O)cc1. The zero-order chi connectivity index (χ0) is 28.2. The zero-order valence-corrected chi connectivity index (χ0v) is 22.9. The molecule has 4 aromatic carbocycles. The van der Waals surface area contributed by atoms with Crippen LogP contribution in [0.15, 0.2) is 95.0 Å². The third-order valence-corrected chi connectivity index (χ3v) is 7.07. The van der Waals surface area contributed by atoms with E-state index in [4.69, 9.17) is 9.47 Å². The summed E-state index contributed by atoms with van der Waals surface area (Å²) in [7, 11) is 0. The molecule has 4 amide bonds. The molecule has 40 heavy (non-hydrogen) atoms. The minimum atomic E-state index is -0.889. The van der Waals surface area contributed by atoms with E-state index in [1.165, 1.54) is 30.3 Å². The molecule has 1 N–H and O–H groups in total. The van der Waals surface area contributed by atoms with Gasteiger partial charge in [-0.3, -0.25) is 14.9 Å². The van der Waals surface area contributed by atoms with Crippen LogP contribution in [-0.4, -0.2) is 30.4 Å². The Hall–Kier alpha value is -4.76. The monoisotopic (exact) mass is 598 g/mol. The zero-order valence-electron chi connectivity index (χ0n) is 21.3. The van der Waals surface area contributed by atoms with Crippen molar-refractivity contribution in [3.63, 3.8) is 0 Å². The first kappa shape index (κ1) is 26.8. The molecule has 5 rings (SSSR count). The summed E-state index contributed by atoms with van der Waals surface area (Å²) in [5.74, 6) is -1.68. The molecule has 0 bridgehead atoms. The Bertz CT molecular complexity index is 1680. The molecule has 1 heterocycles.